The third-order valence-electron chi connectivity index (χ3n) is 4.32. The summed E-state index contributed by atoms with van der Waals surface area (Å²) in [6, 6.07) is 10.2. The maximum atomic E-state index is 11.2. The number of aliphatic imine (C=N–C) groups is 1. The summed E-state index contributed by atoms with van der Waals surface area (Å²) in [4.78, 5) is 18.8. The second-order valence-corrected chi connectivity index (χ2v) is 5.92. The molecule has 4 N–H and O–H groups in total. The first-order valence-corrected chi connectivity index (χ1v) is 8.43. The number of nitrogens with two attached hydrogens (primary N) is 1. The molecule has 2 aromatic carbocycles. The summed E-state index contributed by atoms with van der Waals surface area (Å²) in [5, 5.41) is 11.3. The van der Waals surface area contributed by atoms with Crippen LogP contribution in [0.25, 0.3) is 10.9 Å². The maximum Gasteiger partial charge on any atom is 0.248 e. The minimum absolute atomic E-state index is 0.0228. The van der Waals surface area contributed by atoms with Crippen LogP contribution in [0.3, 0.4) is 0 Å². The Kier molecular flexibility index (Phi) is 5.03. The van der Waals surface area contributed by atoms with Crippen molar-refractivity contribution in [1.29, 1.82) is 0 Å². The van der Waals surface area contributed by atoms with Crippen LogP contribution >= 0.6 is 0 Å². The van der Waals surface area contributed by atoms with Crippen molar-refractivity contribution in [3.63, 3.8) is 0 Å². The maximum absolute atomic E-state index is 11.2. The van der Waals surface area contributed by atoms with E-state index >= 15 is 0 Å². The molecule has 0 aliphatic rings. The van der Waals surface area contributed by atoms with Crippen molar-refractivity contribution in [2.45, 2.75) is 13.3 Å². The molecule has 7 heteroatoms. The molecule has 0 radical (unpaired) electrons. The number of carbonyl (C=O) groups is 1. The lowest BCUT2D eigenvalue weighted by Crippen LogP contribution is -2.10. The summed E-state index contributed by atoms with van der Waals surface area (Å²) in [5.41, 5.74) is 8.35. The number of hydrogen-bond acceptors (Lipinski definition) is 5. The Bertz CT molecular complexity index is 1020. The van der Waals surface area contributed by atoms with E-state index in [9.17, 15) is 9.90 Å². The molecule has 1 heterocycles. The number of rotatable bonds is 6. The van der Waals surface area contributed by atoms with E-state index < -0.39 is 5.91 Å². The van der Waals surface area contributed by atoms with Crippen molar-refractivity contribution in [2.24, 2.45) is 10.7 Å². The molecule has 0 atom stereocenters. The van der Waals surface area contributed by atoms with E-state index in [1.165, 1.54) is 0 Å². The quantitative estimate of drug-likeness (QED) is 0.579. The van der Waals surface area contributed by atoms with Gasteiger partial charge in [-0.15, -0.1) is 0 Å². The Morgan fingerprint density at radius 2 is 1.78 bits per heavy atom. The van der Waals surface area contributed by atoms with Gasteiger partial charge in [-0.3, -0.25) is 9.79 Å². The minimum Gasteiger partial charge on any atom is -0.494 e. The molecule has 3 rings (SSSR count). The summed E-state index contributed by atoms with van der Waals surface area (Å²) in [7, 11) is 3.12. The summed E-state index contributed by atoms with van der Waals surface area (Å²) in [6.07, 6.45) is 0.590. The highest BCUT2D eigenvalue weighted by atomic mass is 16.5. The number of fused-ring (bicyclic) bond motifs is 1. The van der Waals surface area contributed by atoms with Crippen LogP contribution in [-0.2, 0) is 0 Å². The number of H-pyrrole nitrogens is 1. The fraction of sp³-hybridized carbons (Fsp3) is 0.200. The topological polar surface area (TPSA) is 110 Å². The number of ether oxygens (including phenoxy) is 2. The monoisotopic (exact) mass is 367 g/mol. The zero-order valence-corrected chi connectivity index (χ0v) is 15.4. The van der Waals surface area contributed by atoms with Crippen LogP contribution < -0.4 is 15.2 Å². The first-order valence-electron chi connectivity index (χ1n) is 8.43. The molecule has 1 aromatic heterocycles. The fourth-order valence-corrected chi connectivity index (χ4v) is 2.97. The molecule has 0 bridgehead atoms. The largest absolute Gasteiger partial charge is 0.494 e. The van der Waals surface area contributed by atoms with Gasteiger partial charge in [-0.05, 0) is 36.8 Å². The summed E-state index contributed by atoms with van der Waals surface area (Å²) in [6.45, 7) is 1.95. The van der Waals surface area contributed by atoms with Crippen molar-refractivity contribution >= 4 is 28.2 Å². The molecule has 0 saturated carbocycles. The van der Waals surface area contributed by atoms with Gasteiger partial charge in [0.05, 0.1) is 36.7 Å². The fourth-order valence-electron chi connectivity index (χ4n) is 2.97. The van der Waals surface area contributed by atoms with Crippen LogP contribution in [0.2, 0.25) is 0 Å². The Morgan fingerprint density at radius 3 is 2.33 bits per heavy atom. The van der Waals surface area contributed by atoms with Crippen molar-refractivity contribution in [1.82, 2.24) is 4.98 Å². The molecule has 0 fully saturated rings. The highest BCUT2D eigenvalue weighted by molar-refractivity contribution is 6.14. The summed E-state index contributed by atoms with van der Waals surface area (Å²) in [5.74, 6) is 0.660. The molecule has 140 valence electrons. The average molecular weight is 367 g/mol. The third kappa shape index (κ3) is 3.44. The highest BCUT2D eigenvalue weighted by Crippen LogP contribution is 2.37. The van der Waals surface area contributed by atoms with Crippen molar-refractivity contribution < 1.29 is 19.4 Å². The standard InChI is InChI=1S/C20H21N3O4/c1-4-14(22-12-7-5-11(6-8-12)19(21)24)18-13-9-16(26-2)17(27-3)10-15(13)23-20(18)25/h5-10,23,25H,4H2,1-3H3,(H2,21,24). The predicted molar refractivity (Wildman–Crippen MR) is 105 cm³/mol. The predicted octanol–water partition coefficient (Wildman–Crippen LogP) is 3.52. The van der Waals surface area contributed by atoms with Crippen LogP contribution in [0, 0.1) is 0 Å². The molecule has 3 aromatic rings. The van der Waals surface area contributed by atoms with Crippen molar-refractivity contribution in [2.75, 3.05) is 14.2 Å². The number of aromatic amines is 1. The molecular weight excluding hydrogens is 346 g/mol. The molecule has 7 nitrogen and oxygen atoms in total. The summed E-state index contributed by atoms with van der Waals surface area (Å²) < 4.78 is 10.7. The molecule has 1 amide bonds. The van der Waals surface area contributed by atoms with Crippen LogP contribution in [0.15, 0.2) is 41.4 Å². The molecule has 0 saturated heterocycles. The number of aromatic nitrogens is 1. The van der Waals surface area contributed by atoms with Gasteiger partial charge in [0, 0.05) is 17.0 Å². The Labute approximate surface area is 156 Å². The van der Waals surface area contributed by atoms with Gasteiger partial charge < -0.3 is 25.3 Å². The van der Waals surface area contributed by atoms with Gasteiger partial charge in [0.25, 0.3) is 0 Å². The van der Waals surface area contributed by atoms with E-state index in [0.717, 1.165) is 5.39 Å². The van der Waals surface area contributed by atoms with E-state index in [1.807, 2.05) is 6.92 Å². The zero-order chi connectivity index (χ0) is 19.6. The first kappa shape index (κ1) is 18.3. The SMILES string of the molecule is CCC(=Nc1ccc(C(N)=O)cc1)c1c(O)[nH]c2cc(OC)c(OC)cc12. The number of hydrogen-bond donors (Lipinski definition) is 3. The van der Waals surface area contributed by atoms with Crippen LogP contribution in [0.4, 0.5) is 5.69 Å². The van der Waals surface area contributed by atoms with E-state index in [0.29, 0.717) is 46.0 Å². The van der Waals surface area contributed by atoms with Crippen molar-refractivity contribution in [3.8, 4) is 17.4 Å². The lowest BCUT2D eigenvalue weighted by molar-refractivity contribution is 0.100. The lowest BCUT2D eigenvalue weighted by Gasteiger charge is -2.09. The van der Waals surface area contributed by atoms with Gasteiger partial charge in [-0.25, -0.2) is 0 Å². The molecule has 0 aliphatic heterocycles. The lowest BCUT2D eigenvalue weighted by atomic mass is 10.1. The molecule has 0 aliphatic carbocycles. The smallest absolute Gasteiger partial charge is 0.248 e. The third-order valence-corrected chi connectivity index (χ3v) is 4.32. The van der Waals surface area contributed by atoms with Gasteiger partial charge in [-0.2, -0.15) is 0 Å². The Balaban J connectivity index is 2.13. The van der Waals surface area contributed by atoms with Gasteiger partial charge in [0.2, 0.25) is 5.91 Å². The normalized spacial score (nSPS) is 11.6. The van der Waals surface area contributed by atoms with Crippen LogP contribution in [0.1, 0.15) is 29.3 Å². The highest BCUT2D eigenvalue weighted by Gasteiger charge is 2.18. The van der Waals surface area contributed by atoms with E-state index in [1.54, 1.807) is 50.6 Å². The van der Waals surface area contributed by atoms with Gasteiger partial charge in [0.1, 0.15) is 0 Å². The molecule has 0 unspecified atom stereocenters. The van der Waals surface area contributed by atoms with Crippen LogP contribution in [-0.4, -0.2) is 35.9 Å². The average Bonchev–Trinajstić information content (AvgIpc) is 2.99. The molecule has 27 heavy (non-hydrogen) atoms. The summed E-state index contributed by atoms with van der Waals surface area (Å²) >= 11 is 0. The number of amides is 1. The number of aromatic hydroxyl groups is 1. The van der Waals surface area contributed by atoms with Crippen molar-refractivity contribution in [3.05, 3.63) is 47.5 Å². The van der Waals surface area contributed by atoms with E-state index in [4.69, 9.17) is 15.2 Å². The molecular formula is C20H21N3O4. The number of primary amides is 1. The number of methoxy groups -OCH3 is 2. The molecule has 0 spiro atoms. The van der Waals surface area contributed by atoms with E-state index in [-0.39, 0.29) is 5.88 Å². The van der Waals surface area contributed by atoms with Gasteiger partial charge in [-0.1, -0.05) is 6.92 Å². The second-order valence-electron chi connectivity index (χ2n) is 5.92. The first-order chi connectivity index (χ1) is 13.0. The second kappa shape index (κ2) is 7.41. The minimum atomic E-state index is -0.489. The number of nitrogens with one attached hydrogen (secondary N) is 1. The van der Waals surface area contributed by atoms with E-state index in [2.05, 4.69) is 9.98 Å². The number of carbonyl (C=O) groups excluding carboxylic acids is 1. The number of benzene rings is 2. The zero-order valence-electron chi connectivity index (χ0n) is 15.4. The number of nitrogens with zero attached hydrogens (tertiary/aromatic N) is 1. The van der Waals surface area contributed by atoms with Gasteiger partial charge in [0.15, 0.2) is 17.4 Å². The van der Waals surface area contributed by atoms with Crippen LogP contribution in [0.5, 0.6) is 17.4 Å². The van der Waals surface area contributed by atoms with Gasteiger partial charge >= 0.3 is 0 Å². The Morgan fingerprint density at radius 1 is 1.15 bits per heavy atom. The Hall–Kier alpha value is -3.48.